The summed E-state index contributed by atoms with van der Waals surface area (Å²) in [5, 5.41) is 3.26. The van der Waals surface area contributed by atoms with Crippen LogP contribution in [0.15, 0.2) is 24.3 Å². The van der Waals surface area contributed by atoms with E-state index in [-0.39, 0.29) is 16.9 Å². The summed E-state index contributed by atoms with van der Waals surface area (Å²) >= 11 is 0. The zero-order valence-corrected chi connectivity index (χ0v) is 15.2. The quantitative estimate of drug-likeness (QED) is 0.853. The molecule has 1 aliphatic rings. The van der Waals surface area contributed by atoms with Crippen LogP contribution < -0.4 is 15.8 Å². The smallest absolute Gasteiger partial charge is 0.420 e. The van der Waals surface area contributed by atoms with Crippen molar-refractivity contribution in [1.82, 2.24) is 5.32 Å². The molecule has 1 aliphatic heterocycles. The van der Waals surface area contributed by atoms with Gasteiger partial charge in [0.2, 0.25) is 5.91 Å². The molecule has 0 fully saturated rings. The number of amides is 1. The Morgan fingerprint density at radius 1 is 1.26 bits per heavy atom. The van der Waals surface area contributed by atoms with Gasteiger partial charge >= 0.3 is 6.18 Å². The van der Waals surface area contributed by atoms with Gasteiger partial charge in [0.1, 0.15) is 11.3 Å². The van der Waals surface area contributed by atoms with Gasteiger partial charge in [0, 0.05) is 17.7 Å². The van der Waals surface area contributed by atoms with E-state index in [4.69, 9.17) is 10.5 Å². The lowest BCUT2D eigenvalue weighted by Gasteiger charge is -2.25. The number of nitrogens with one attached hydrogen (secondary N) is 1. The molecule has 3 N–H and O–H groups in total. The summed E-state index contributed by atoms with van der Waals surface area (Å²) in [7, 11) is 1.18. The topological polar surface area (TPSA) is 64.4 Å². The lowest BCUT2D eigenvalue weighted by Crippen LogP contribution is -2.25. The average molecular weight is 378 g/mol. The van der Waals surface area contributed by atoms with Gasteiger partial charge in [-0.15, -0.1) is 0 Å². The number of ether oxygens (including phenoxy) is 1. The molecule has 0 spiro atoms. The Kier molecular flexibility index (Phi) is 5.15. The number of nitrogens with two attached hydrogens (primary N) is 1. The molecule has 1 heterocycles. The highest BCUT2D eigenvalue weighted by Crippen LogP contribution is 2.46. The van der Waals surface area contributed by atoms with Crippen molar-refractivity contribution in [1.29, 1.82) is 0 Å². The number of carbonyl (C=O) groups excluding carboxylic acids is 1. The van der Waals surface area contributed by atoms with Gasteiger partial charge in [-0.2, -0.15) is 13.2 Å². The summed E-state index contributed by atoms with van der Waals surface area (Å²) in [5.74, 6) is -1.24. The molecule has 2 aromatic rings. The van der Waals surface area contributed by atoms with Crippen molar-refractivity contribution >= 4 is 5.91 Å². The third-order valence-corrected chi connectivity index (χ3v) is 4.96. The molecular weight excluding hydrogens is 357 g/mol. The van der Waals surface area contributed by atoms with E-state index in [1.807, 2.05) is 13.0 Å². The predicted molar refractivity (Wildman–Crippen MR) is 96.7 cm³/mol. The van der Waals surface area contributed by atoms with E-state index in [2.05, 4.69) is 5.32 Å². The maximum absolute atomic E-state index is 14.0. The van der Waals surface area contributed by atoms with Crippen LogP contribution in [0.3, 0.4) is 0 Å². The highest BCUT2D eigenvalue weighted by molar-refractivity contribution is 6.02. The van der Waals surface area contributed by atoms with Gasteiger partial charge in [0.15, 0.2) is 0 Å². The first-order chi connectivity index (χ1) is 12.8. The normalized spacial score (nSPS) is 14.0. The lowest BCUT2D eigenvalue weighted by atomic mass is 9.84. The number of alkyl halides is 3. The number of benzene rings is 2. The van der Waals surface area contributed by atoms with Gasteiger partial charge in [0.25, 0.3) is 0 Å². The highest BCUT2D eigenvalue weighted by Gasteiger charge is 2.40. The molecule has 0 saturated carbocycles. The van der Waals surface area contributed by atoms with Gasteiger partial charge in [-0.1, -0.05) is 19.1 Å². The Morgan fingerprint density at radius 2 is 2.00 bits per heavy atom. The molecule has 4 nitrogen and oxygen atoms in total. The van der Waals surface area contributed by atoms with Gasteiger partial charge in [0.05, 0.1) is 7.11 Å². The van der Waals surface area contributed by atoms with Crippen LogP contribution in [0.1, 0.15) is 39.5 Å². The molecule has 2 aromatic carbocycles. The van der Waals surface area contributed by atoms with Gasteiger partial charge in [-0.3, -0.25) is 4.79 Å². The van der Waals surface area contributed by atoms with Crippen LogP contribution in [0.2, 0.25) is 0 Å². The molecule has 0 unspecified atom stereocenters. The summed E-state index contributed by atoms with van der Waals surface area (Å²) < 4.78 is 46.8. The summed E-state index contributed by atoms with van der Waals surface area (Å²) in [4.78, 5) is 12.0. The average Bonchev–Trinajstić information content (AvgIpc) is 2.64. The van der Waals surface area contributed by atoms with Gasteiger partial charge in [-0.25, -0.2) is 0 Å². The van der Waals surface area contributed by atoms with Crippen LogP contribution in [0.5, 0.6) is 5.75 Å². The minimum atomic E-state index is -4.70. The van der Waals surface area contributed by atoms with E-state index < -0.39 is 17.6 Å². The fourth-order valence-electron chi connectivity index (χ4n) is 3.79. The zero-order chi connectivity index (χ0) is 19.8. The number of carbonyl (C=O) groups is 1. The predicted octanol–water partition coefficient (Wildman–Crippen LogP) is 3.69. The van der Waals surface area contributed by atoms with Crippen LogP contribution in [0.4, 0.5) is 13.2 Å². The minimum absolute atomic E-state index is 0.165. The van der Waals surface area contributed by atoms with Crippen LogP contribution in [-0.4, -0.2) is 19.6 Å². The number of hydrogen-bond donors (Lipinski definition) is 2. The molecule has 3 rings (SSSR count). The van der Waals surface area contributed by atoms with Crippen molar-refractivity contribution in [2.45, 2.75) is 32.5 Å². The maximum Gasteiger partial charge on any atom is 0.420 e. The molecule has 27 heavy (non-hydrogen) atoms. The molecule has 1 amide bonds. The van der Waals surface area contributed by atoms with Crippen LogP contribution >= 0.6 is 0 Å². The van der Waals surface area contributed by atoms with Crippen molar-refractivity contribution in [3.63, 3.8) is 0 Å². The largest absolute Gasteiger partial charge is 0.496 e. The summed E-state index contributed by atoms with van der Waals surface area (Å²) in [6.45, 7) is 3.31. The fraction of sp³-hybridized carbons (Fsp3) is 0.350. The molecule has 0 atom stereocenters. The number of halogens is 3. The molecular formula is C20H21F3N2O2. The van der Waals surface area contributed by atoms with Crippen LogP contribution in [0, 0.1) is 0 Å². The first kappa shape index (κ1) is 19.2. The SMILES string of the molecule is CCc1c(-c2c(C(N)=O)ccc(OC)c2C(F)(F)F)ccc2c1CNCC2. The van der Waals surface area contributed by atoms with E-state index in [9.17, 15) is 18.0 Å². The van der Waals surface area contributed by atoms with E-state index in [0.29, 0.717) is 18.5 Å². The number of methoxy groups -OCH3 is 1. The van der Waals surface area contributed by atoms with Gasteiger partial charge in [-0.05, 0) is 53.8 Å². The first-order valence-corrected chi connectivity index (χ1v) is 8.72. The summed E-state index contributed by atoms with van der Waals surface area (Å²) in [6.07, 6.45) is -3.35. The molecule has 0 aromatic heterocycles. The molecule has 0 saturated heterocycles. The first-order valence-electron chi connectivity index (χ1n) is 8.72. The second kappa shape index (κ2) is 7.23. The van der Waals surface area contributed by atoms with E-state index in [0.717, 1.165) is 35.7 Å². The Morgan fingerprint density at radius 3 is 2.59 bits per heavy atom. The zero-order valence-electron chi connectivity index (χ0n) is 15.2. The Labute approximate surface area is 155 Å². The van der Waals surface area contributed by atoms with Crippen LogP contribution in [0.25, 0.3) is 11.1 Å². The lowest BCUT2D eigenvalue weighted by molar-refractivity contribution is -0.138. The number of primary amides is 1. The Balaban J connectivity index is 2.42. The Hall–Kier alpha value is -2.54. The molecule has 144 valence electrons. The second-order valence-electron chi connectivity index (χ2n) is 6.44. The molecule has 0 radical (unpaired) electrons. The molecule has 0 aliphatic carbocycles. The number of rotatable bonds is 4. The fourth-order valence-corrected chi connectivity index (χ4v) is 3.79. The van der Waals surface area contributed by atoms with Crippen LogP contribution in [-0.2, 0) is 25.6 Å². The van der Waals surface area contributed by atoms with E-state index in [1.165, 1.54) is 13.2 Å². The van der Waals surface area contributed by atoms with E-state index in [1.54, 1.807) is 6.07 Å². The maximum atomic E-state index is 14.0. The third-order valence-electron chi connectivity index (χ3n) is 4.96. The van der Waals surface area contributed by atoms with Gasteiger partial charge < -0.3 is 15.8 Å². The summed E-state index contributed by atoms with van der Waals surface area (Å²) in [6, 6.07) is 5.94. The summed E-state index contributed by atoms with van der Waals surface area (Å²) in [5.41, 5.74) is 7.36. The van der Waals surface area contributed by atoms with Crippen molar-refractivity contribution in [2.75, 3.05) is 13.7 Å². The van der Waals surface area contributed by atoms with Crippen molar-refractivity contribution in [2.24, 2.45) is 5.73 Å². The molecule has 0 bridgehead atoms. The van der Waals surface area contributed by atoms with Crippen molar-refractivity contribution in [3.05, 3.63) is 52.1 Å². The molecule has 7 heteroatoms. The van der Waals surface area contributed by atoms with Crippen molar-refractivity contribution < 1.29 is 22.7 Å². The third kappa shape index (κ3) is 3.39. The second-order valence-corrected chi connectivity index (χ2v) is 6.44. The minimum Gasteiger partial charge on any atom is -0.496 e. The highest BCUT2D eigenvalue weighted by atomic mass is 19.4. The Bertz CT molecular complexity index is 892. The monoisotopic (exact) mass is 378 g/mol. The standard InChI is InChI=1S/C20H21F3N2O2/c1-3-12-13(5-4-11-8-9-25-10-15(11)12)17-14(19(24)26)6-7-16(27-2)18(17)20(21,22)23/h4-7,25H,3,8-10H2,1-2H3,(H2,24,26). The number of hydrogen-bond acceptors (Lipinski definition) is 3. The number of fused-ring (bicyclic) bond motifs is 1. The van der Waals surface area contributed by atoms with Crippen molar-refractivity contribution in [3.8, 4) is 16.9 Å². The van der Waals surface area contributed by atoms with E-state index >= 15 is 0 Å².